The van der Waals surface area contributed by atoms with Crippen LogP contribution in [0.3, 0.4) is 0 Å². The van der Waals surface area contributed by atoms with E-state index in [0.717, 1.165) is 17.1 Å². The lowest BCUT2D eigenvalue weighted by molar-refractivity contribution is 0.457. The maximum Gasteiger partial charge on any atom is 0.223 e. The molecule has 0 aliphatic rings. The average Bonchev–Trinajstić information content (AvgIpc) is 2.49. The van der Waals surface area contributed by atoms with Gasteiger partial charge in [0.1, 0.15) is 11.6 Å². The first-order valence-corrected chi connectivity index (χ1v) is 6.14. The van der Waals surface area contributed by atoms with Crippen molar-refractivity contribution in [2.75, 3.05) is 0 Å². The zero-order chi connectivity index (χ0) is 13.9. The van der Waals surface area contributed by atoms with Gasteiger partial charge in [-0.2, -0.15) is 0 Å². The number of nitrogens with zero attached hydrogens (tertiary/aromatic N) is 2. The van der Waals surface area contributed by atoms with Gasteiger partial charge in [0.2, 0.25) is 5.88 Å². The Balaban J connectivity index is 2.05. The largest absolute Gasteiger partial charge is 0.438 e. The van der Waals surface area contributed by atoms with Crippen LogP contribution in [-0.4, -0.2) is 9.97 Å². The third kappa shape index (κ3) is 2.31. The molecule has 20 heavy (non-hydrogen) atoms. The maximum atomic E-state index is 13.1. The molecule has 0 unspecified atom stereocenters. The Hall–Kier alpha value is -2.53. The van der Waals surface area contributed by atoms with Gasteiger partial charge in [0.15, 0.2) is 0 Å². The Labute approximate surface area is 115 Å². The Kier molecular flexibility index (Phi) is 3.26. The zero-order valence-electron chi connectivity index (χ0n) is 10.6. The van der Waals surface area contributed by atoms with Crippen LogP contribution in [0.1, 0.15) is 5.56 Å². The van der Waals surface area contributed by atoms with Crippen molar-refractivity contribution < 1.29 is 9.13 Å². The molecule has 0 atom stereocenters. The van der Waals surface area contributed by atoms with Crippen molar-refractivity contribution in [3.8, 4) is 11.6 Å². The molecular formula is C15H12FN3O. The van der Waals surface area contributed by atoms with Gasteiger partial charge in [0.05, 0.1) is 11.7 Å². The molecule has 1 aromatic carbocycles. The molecule has 4 nitrogen and oxygen atoms in total. The Morgan fingerprint density at radius 2 is 2.05 bits per heavy atom. The minimum absolute atomic E-state index is 0.156. The van der Waals surface area contributed by atoms with E-state index in [0.29, 0.717) is 17.2 Å². The lowest BCUT2D eigenvalue weighted by atomic mass is 10.2. The quantitative estimate of drug-likeness (QED) is 0.794. The molecule has 0 spiro atoms. The second-order valence-electron chi connectivity index (χ2n) is 4.25. The number of fused-ring (bicyclic) bond motifs is 1. The van der Waals surface area contributed by atoms with Crippen molar-refractivity contribution in [3.63, 3.8) is 0 Å². The Bertz CT molecular complexity index is 756. The first kappa shape index (κ1) is 12.5. The van der Waals surface area contributed by atoms with Gasteiger partial charge in [0, 0.05) is 23.7 Å². The van der Waals surface area contributed by atoms with Gasteiger partial charge in [-0.15, -0.1) is 0 Å². The number of benzene rings is 1. The van der Waals surface area contributed by atoms with E-state index in [9.17, 15) is 4.39 Å². The average molecular weight is 269 g/mol. The van der Waals surface area contributed by atoms with Gasteiger partial charge in [-0.05, 0) is 30.3 Å². The van der Waals surface area contributed by atoms with Crippen LogP contribution in [0.4, 0.5) is 4.39 Å². The van der Waals surface area contributed by atoms with E-state index >= 15 is 0 Å². The van der Waals surface area contributed by atoms with E-state index in [1.54, 1.807) is 6.20 Å². The summed E-state index contributed by atoms with van der Waals surface area (Å²) in [6.45, 7) is 0.156. The van der Waals surface area contributed by atoms with E-state index in [1.807, 2.05) is 30.3 Å². The third-order valence-corrected chi connectivity index (χ3v) is 2.92. The van der Waals surface area contributed by atoms with Gasteiger partial charge < -0.3 is 10.5 Å². The number of aromatic nitrogens is 2. The van der Waals surface area contributed by atoms with E-state index in [4.69, 9.17) is 10.5 Å². The fourth-order valence-electron chi connectivity index (χ4n) is 1.98. The molecule has 0 radical (unpaired) electrons. The van der Waals surface area contributed by atoms with Crippen LogP contribution in [0.2, 0.25) is 0 Å². The number of pyridine rings is 2. The summed E-state index contributed by atoms with van der Waals surface area (Å²) in [6, 6.07) is 10.6. The van der Waals surface area contributed by atoms with Gasteiger partial charge >= 0.3 is 0 Å². The number of ether oxygens (including phenoxy) is 1. The summed E-state index contributed by atoms with van der Waals surface area (Å²) in [4.78, 5) is 8.21. The molecule has 0 aliphatic carbocycles. The molecular weight excluding hydrogens is 257 g/mol. The highest BCUT2D eigenvalue weighted by Crippen LogP contribution is 2.29. The first-order chi connectivity index (χ1) is 9.78. The van der Waals surface area contributed by atoms with Crippen LogP contribution >= 0.6 is 0 Å². The Morgan fingerprint density at radius 1 is 1.15 bits per heavy atom. The zero-order valence-corrected chi connectivity index (χ0v) is 10.6. The summed E-state index contributed by atoms with van der Waals surface area (Å²) in [5.74, 6) is 0.493. The topological polar surface area (TPSA) is 61.0 Å². The van der Waals surface area contributed by atoms with Gasteiger partial charge in [-0.25, -0.2) is 9.37 Å². The highest BCUT2D eigenvalue weighted by atomic mass is 19.1. The lowest BCUT2D eigenvalue weighted by Gasteiger charge is -2.10. The predicted molar refractivity (Wildman–Crippen MR) is 73.9 cm³/mol. The van der Waals surface area contributed by atoms with Crippen LogP contribution < -0.4 is 10.5 Å². The van der Waals surface area contributed by atoms with Crippen molar-refractivity contribution in [2.45, 2.75) is 6.54 Å². The minimum Gasteiger partial charge on any atom is -0.438 e. The molecule has 0 saturated carbocycles. The molecule has 3 rings (SSSR count). The third-order valence-electron chi connectivity index (χ3n) is 2.92. The highest BCUT2D eigenvalue weighted by molar-refractivity contribution is 5.85. The molecule has 0 bridgehead atoms. The van der Waals surface area contributed by atoms with E-state index in [2.05, 4.69) is 9.97 Å². The summed E-state index contributed by atoms with van der Waals surface area (Å²) in [7, 11) is 0. The van der Waals surface area contributed by atoms with Crippen molar-refractivity contribution in [3.05, 3.63) is 60.2 Å². The molecule has 2 N–H and O–H groups in total. The van der Waals surface area contributed by atoms with Crippen molar-refractivity contribution in [1.82, 2.24) is 9.97 Å². The standard InChI is InChI=1S/C15H12FN3O/c16-11-7-10(8-17)15(19-9-11)20-14-5-1-4-13-12(14)3-2-6-18-13/h1-7,9H,8,17H2. The van der Waals surface area contributed by atoms with Crippen molar-refractivity contribution in [2.24, 2.45) is 5.73 Å². The van der Waals surface area contributed by atoms with Crippen molar-refractivity contribution in [1.29, 1.82) is 0 Å². The summed E-state index contributed by atoms with van der Waals surface area (Å²) in [5, 5.41) is 0.865. The molecule has 0 fully saturated rings. The number of nitrogens with two attached hydrogens (primary N) is 1. The normalized spacial score (nSPS) is 10.7. The lowest BCUT2D eigenvalue weighted by Crippen LogP contribution is -2.02. The molecule has 2 heterocycles. The Morgan fingerprint density at radius 3 is 2.90 bits per heavy atom. The monoisotopic (exact) mass is 269 g/mol. The molecule has 2 aromatic heterocycles. The fourth-order valence-corrected chi connectivity index (χ4v) is 1.98. The fraction of sp³-hybridized carbons (Fsp3) is 0.0667. The van der Waals surface area contributed by atoms with Gasteiger partial charge in [-0.1, -0.05) is 6.07 Å². The number of halogens is 1. The smallest absolute Gasteiger partial charge is 0.223 e. The summed E-state index contributed by atoms with van der Waals surface area (Å²) < 4.78 is 18.9. The van der Waals surface area contributed by atoms with Crippen LogP contribution in [0.5, 0.6) is 11.6 Å². The van der Waals surface area contributed by atoms with Crippen molar-refractivity contribution >= 4 is 10.9 Å². The second-order valence-corrected chi connectivity index (χ2v) is 4.25. The van der Waals surface area contributed by atoms with Gasteiger partial charge in [0.25, 0.3) is 0 Å². The van der Waals surface area contributed by atoms with Crippen LogP contribution in [0.15, 0.2) is 48.8 Å². The molecule has 0 saturated heterocycles. The molecule has 100 valence electrons. The second kappa shape index (κ2) is 5.22. The SMILES string of the molecule is NCc1cc(F)cnc1Oc1cccc2ncccc12. The molecule has 0 amide bonds. The van der Waals surface area contributed by atoms with E-state index in [1.165, 1.54) is 6.07 Å². The number of rotatable bonds is 3. The van der Waals surface area contributed by atoms with Crippen LogP contribution in [0, 0.1) is 5.82 Å². The number of hydrogen-bond acceptors (Lipinski definition) is 4. The van der Waals surface area contributed by atoms with Crippen LogP contribution in [0.25, 0.3) is 10.9 Å². The molecule has 5 heteroatoms. The summed E-state index contributed by atoms with van der Waals surface area (Å²) in [5.41, 5.74) is 6.93. The van der Waals surface area contributed by atoms with Crippen LogP contribution in [-0.2, 0) is 6.54 Å². The van der Waals surface area contributed by atoms with E-state index in [-0.39, 0.29) is 6.54 Å². The predicted octanol–water partition coefficient (Wildman–Crippen LogP) is 3.02. The highest BCUT2D eigenvalue weighted by Gasteiger charge is 2.09. The van der Waals surface area contributed by atoms with E-state index < -0.39 is 5.82 Å². The maximum absolute atomic E-state index is 13.1. The summed E-state index contributed by atoms with van der Waals surface area (Å²) in [6.07, 6.45) is 2.82. The molecule has 3 aromatic rings. The molecule has 0 aliphatic heterocycles. The first-order valence-electron chi connectivity index (χ1n) is 6.14. The number of hydrogen-bond donors (Lipinski definition) is 1. The minimum atomic E-state index is -0.433. The van der Waals surface area contributed by atoms with Gasteiger partial charge in [-0.3, -0.25) is 4.98 Å². The summed E-state index contributed by atoms with van der Waals surface area (Å²) >= 11 is 0.